The molecule has 0 bridgehead atoms. The van der Waals surface area contributed by atoms with E-state index in [1.807, 2.05) is 0 Å². The van der Waals surface area contributed by atoms with Crippen molar-refractivity contribution in [3.05, 3.63) is 23.8 Å². The Morgan fingerprint density at radius 1 is 1.23 bits per heavy atom. The van der Waals surface area contributed by atoms with Gasteiger partial charge in [-0.05, 0) is 12.1 Å². The van der Waals surface area contributed by atoms with Crippen LogP contribution in [0.3, 0.4) is 0 Å². The minimum Gasteiger partial charge on any atom is -0.507 e. The van der Waals surface area contributed by atoms with Gasteiger partial charge in [0.15, 0.2) is 0 Å². The minimum absolute atomic E-state index is 0.00880. The van der Waals surface area contributed by atoms with Crippen LogP contribution in [0.1, 0.15) is 5.56 Å². The molecule has 13 heavy (non-hydrogen) atoms. The quantitative estimate of drug-likeness (QED) is 0.599. The topological polar surface area (TPSA) is 52.5 Å². The fraction of sp³-hybridized carbons (Fsp3) is 0.143. The lowest BCUT2D eigenvalue weighted by molar-refractivity contribution is -0.138. The van der Waals surface area contributed by atoms with Gasteiger partial charge in [-0.15, -0.1) is 0 Å². The Kier molecular flexibility index (Phi) is 2.33. The standard InChI is InChI=1S/C7H6F3NO2/c8-7(9,10)5-2-1-4(11-13)3-6(5)12/h1-3,11-13H. The first kappa shape index (κ1) is 9.66. The predicted molar refractivity (Wildman–Crippen MR) is 38.5 cm³/mol. The highest BCUT2D eigenvalue weighted by atomic mass is 19.4. The van der Waals surface area contributed by atoms with Crippen molar-refractivity contribution in [2.45, 2.75) is 6.18 Å². The maximum absolute atomic E-state index is 12.0. The van der Waals surface area contributed by atoms with Crippen LogP contribution in [0.15, 0.2) is 18.2 Å². The highest BCUT2D eigenvalue weighted by Crippen LogP contribution is 2.36. The van der Waals surface area contributed by atoms with E-state index in [0.29, 0.717) is 6.07 Å². The number of nitrogens with one attached hydrogen (secondary N) is 1. The van der Waals surface area contributed by atoms with Gasteiger partial charge >= 0.3 is 6.18 Å². The first-order valence-electron chi connectivity index (χ1n) is 3.25. The summed E-state index contributed by atoms with van der Waals surface area (Å²) in [6, 6.07) is 2.46. The van der Waals surface area contributed by atoms with Crippen molar-refractivity contribution >= 4 is 5.69 Å². The van der Waals surface area contributed by atoms with Crippen molar-refractivity contribution in [1.29, 1.82) is 0 Å². The monoisotopic (exact) mass is 193 g/mol. The largest absolute Gasteiger partial charge is 0.507 e. The maximum Gasteiger partial charge on any atom is 0.419 e. The summed E-state index contributed by atoms with van der Waals surface area (Å²) in [5.41, 5.74) is 0.477. The number of rotatable bonds is 1. The highest BCUT2D eigenvalue weighted by molar-refractivity contribution is 5.50. The number of hydrogen-bond donors (Lipinski definition) is 3. The Hall–Kier alpha value is -1.43. The molecule has 0 radical (unpaired) electrons. The number of phenolic OH excluding ortho intramolecular Hbond substituents is 1. The normalized spacial score (nSPS) is 11.4. The van der Waals surface area contributed by atoms with Gasteiger partial charge in [0.2, 0.25) is 0 Å². The Bertz CT molecular complexity index is 311. The van der Waals surface area contributed by atoms with E-state index in [4.69, 9.17) is 10.3 Å². The first-order chi connectivity index (χ1) is 5.95. The second-order valence-corrected chi connectivity index (χ2v) is 2.34. The van der Waals surface area contributed by atoms with Gasteiger partial charge in [0, 0.05) is 6.07 Å². The molecule has 1 rings (SSSR count). The van der Waals surface area contributed by atoms with Crippen LogP contribution in [-0.2, 0) is 6.18 Å². The number of hydrogen-bond acceptors (Lipinski definition) is 3. The summed E-state index contributed by atoms with van der Waals surface area (Å²) >= 11 is 0. The van der Waals surface area contributed by atoms with Gasteiger partial charge in [0.05, 0.1) is 11.3 Å². The van der Waals surface area contributed by atoms with Gasteiger partial charge < -0.3 is 5.11 Å². The molecule has 3 N–H and O–H groups in total. The van der Waals surface area contributed by atoms with Gasteiger partial charge in [-0.25, -0.2) is 0 Å². The van der Waals surface area contributed by atoms with Crippen LogP contribution in [0.5, 0.6) is 5.75 Å². The highest BCUT2D eigenvalue weighted by Gasteiger charge is 2.33. The number of benzene rings is 1. The van der Waals surface area contributed by atoms with Crippen molar-refractivity contribution in [1.82, 2.24) is 0 Å². The van der Waals surface area contributed by atoms with Crippen LogP contribution in [-0.4, -0.2) is 10.3 Å². The number of halogens is 3. The van der Waals surface area contributed by atoms with Crippen LogP contribution >= 0.6 is 0 Å². The average molecular weight is 193 g/mol. The van der Waals surface area contributed by atoms with E-state index >= 15 is 0 Å². The molecule has 0 fully saturated rings. The molecule has 0 aliphatic rings. The minimum atomic E-state index is -4.59. The van der Waals surface area contributed by atoms with E-state index in [-0.39, 0.29) is 5.69 Å². The van der Waals surface area contributed by atoms with Crippen LogP contribution in [0.2, 0.25) is 0 Å². The predicted octanol–water partition coefficient (Wildman–Crippen LogP) is 2.21. The van der Waals surface area contributed by atoms with E-state index < -0.39 is 17.5 Å². The lowest BCUT2D eigenvalue weighted by Crippen LogP contribution is -2.05. The molecule has 1 aromatic carbocycles. The van der Waals surface area contributed by atoms with Gasteiger partial charge in [-0.3, -0.25) is 10.7 Å². The van der Waals surface area contributed by atoms with Crippen molar-refractivity contribution in [2.24, 2.45) is 0 Å². The maximum atomic E-state index is 12.0. The molecule has 0 heterocycles. The lowest BCUT2D eigenvalue weighted by atomic mass is 10.2. The van der Waals surface area contributed by atoms with Gasteiger partial charge in [-0.1, -0.05) is 0 Å². The molecule has 6 heteroatoms. The molecule has 0 spiro atoms. The smallest absolute Gasteiger partial charge is 0.419 e. The van der Waals surface area contributed by atoms with Crippen LogP contribution in [0.25, 0.3) is 0 Å². The van der Waals surface area contributed by atoms with E-state index in [9.17, 15) is 13.2 Å². The molecule has 3 nitrogen and oxygen atoms in total. The zero-order chi connectivity index (χ0) is 10.1. The molecule has 0 amide bonds. The molecule has 0 aliphatic carbocycles. The average Bonchev–Trinajstić information content (AvgIpc) is 2.01. The number of anilines is 1. The molecule has 0 unspecified atom stereocenters. The Morgan fingerprint density at radius 2 is 1.85 bits per heavy atom. The zero-order valence-corrected chi connectivity index (χ0v) is 6.26. The summed E-state index contributed by atoms with van der Waals surface area (Å²) in [5, 5.41) is 17.2. The molecular weight excluding hydrogens is 187 g/mol. The molecule has 0 aliphatic heterocycles. The van der Waals surface area contributed by atoms with E-state index in [1.54, 1.807) is 5.48 Å². The first-order valence-corrected chi connectivity index (χ1v) is 3.25. The molecule has 0 saturated heterocycles. The summed E-state index contributed by atoms with van der Waals surface area (Å²) in [5.74, 6) is -0.924. The van der Waals surface area contributed by atoms with Crippen LogP contribution < -0.4 is 5.48 Å². The van der Waals surface area contributed by atoms with Crippen molar-refractivity contribution in [2.75, 3.05) is 5.48 Å². The molecule has 72 valence electrons. The second-order valence-electron chi connectivity index (χ2n) is 2.34. The molecule has 0 saturated carbocycles. The van der Waals surface area contributed by atoms with Crippen molar-refractivity contribution < 1.29 is 23.5 Å². The third-order valence-corrected chi connectivity index (χ3v) is 1.43. The Balaban J connectivity index is 3.13. The molecular formula is C7H6F3NO2. The van der Waals surface area contributed by atoms with E-state index in [0.717, 1.165) is 12.1 Å². The summed E-state index contributed by atoms with van der Waals surface area (Å²) < 4.78 is 36.1. The Labute approximate surface area is 71.4 Å². The number of aromatic hydroxyl groups is 1. The molecule has 1 aromatic rings. The van der Waals surface area contributed by atoms with Gasteiger partial charge in [-0.2, -0.15) is 13.2 Å². The van der Waals surface area contributed by atoms with Gasteiger partial charge in [0.25, 0.3) is 0 Å². The summed E-state index contributed by atoms with van der Waals surface area (Å²) in [4.78, 5) is 0. The summed E-state index contributed by atoms with van der Waals surface area (Å²) in [6.45, 7) is 0. The Morgan fingerprint density at radius 3 is 2.23 bits per heavy atom. The summed E-state index contributed by atoms with van der Waals surface area (Å²) in [6.07, 6.45) is -4.59. The summed E-state index contributed by atoms with van der Waals surface area (Å²) in [7, 11) is 0. The molecule has 0 aromatic heterocycles. The van der Waals surface area contributed by atoms with Crippen LogP contribution in [0, 0.1) is 0 Å². The number of alkyl halides is 3. The lowest BCUT2D eigenvalue weighted by Gasteiger charge is -2.09. The SMILES string of the molecule is ONc1ccc(C(F)(F)F)c(O)c1. The van der Waals surface area contributed by atoms with E-state index in [1.165, 1.54) is 0 Å². The third-order valence-electron chi connectivity index (χ3n) is 1.43. The molecule has 0 atom stereocenters. The van der Waals surface area contributed by atoms with Crippen LogP contribution in [0.4, 0.5) is 18.9 Å². The second kappa shape index (κ2) is 3.14. The van der Waals surface area contributed by atoms with E-state index in [2.05, 4.69) is 0 Å². The number of phenols is 1. The van der Waals surface area contributed by atoms with Gasteiger partial charge in [0.1, 0.15) is 5.75 Å². The van der Waals surface area contributed by atoms with Crippen molar-refractivity contribution in [3.8, 4) is 5.75 Å². The third kappa shape index (κ3) is 2.03. The fourth-order valence-corrected chi connectivity index (χ4v) is 0.841. The zero-order valence-electron chi connectivity index (χ0n) is 6.26. The van der Waals surface area contributed by atoms with Crippen molar-refractivity contribution in [3.63, 3.8) is 0 Å². The fourth-order valence-electron chi connectivity index (χ4n) is 0.841.